The maximum atomic E-state index is 13.1. The van der Waals surface area contributed by atoms with Gasteiger partial charge in [-0.25, -0.2) is 21.1 Å². The van der Waals surface area contributed by atoms with Crippen LogP contribution >= 0.6 is 34.8 Å². The van der Waals surface area contributed by atoms with Crippen molar-refractivity contribution >= 4 is 72.1 Å². The zero-order valence-corrected chi connectivity index (χ0v) is 24.7. The number of nitrogens with zero attached hydrogens (tertiary/aromatic N) is 1. The van der Waals surface area contributed by atoms with E-state index in [0.717, 1.165) is 5.56 Å². The van der Waals surface area contributed by atoms with E-state index in [0.29, 0.717) is 41.3 Å². The van der Waals surface area contributed by atoms with E-state index in [-0.39, 0.29) is 33.1 Å². The molecule has 39 heavy (non-hydrogen) atoms. The summed E-state index contributed by atoms with van der Waals surface area (Å²) in [6, 6.07) is 15.4. The smallest absolute Gasteiger partial charge is 0.261 e. The Labute approximate surface area is 243 Å². The van der Waals surface area contributed by atoms with Gasteiger partial charge in [-0.15, -0.1) is 0 Å². The van der Waals surface area contributed by atoms with Crippen molar-refractivity contribution in [3.05, 3.63) is 86.9 Å². The lowest BCUT2D eigenvalue weighted by Gasteiger charge is -2.31. The minimum atomic E-state index is -3.88. The van der Waals surface area contributed by atoms with E-state index >= 15 is 0 Å². The number of carbonyl (C=O) groups excluding carboxylic acids is 1. The van der Waals surface area contributed by atoms with Crippen LogP contribution in [0.2, 0.25) is 15.1 Å². The van der Waals surface area contributed by atoms with Crippen molar-refractivity contribution < 1.29 is 21.6 Å². The van der Waals surface area contributed by atoms with Crippen molar-refractivity contribution in [2.75, 3.05) is 23.1 Å². The van der Waals surface area contributed by atoms with Crippen molar-refractivity contribution in [3.63, 3.8) is 0 Å². The number of sulfonamides is 2. The molecule has 1 aliphatic heterocycles. The van der Waals surface area contributed by atoms with Gasteiger partial charge in [0.2, 0.25) is 15.9 Å². The zero-order chi connectivity index (χ0) is 28.4. The van der Waals surface area contributed by atoms with E-state index in [1.54, 1.807) is 30.3 Å². The summed E-state index contributed by atoms with van der Waals surface area (Å²) >= 11 is 18.4. The summed E-state index contributed by atoms with van der Waals surface area (Å²) in [5.74, 6) is -1.29. The minimum Gasteiger partial charge on any atom is -0.326 e. The molecule has 13 heteroatoms. The number of benzene rings is 3. The largest absolute Gasteiger partial charge is 0.326 e. The zero-order valence-electron chi connectivity index (χ0n) is 20.8. The number of anilines is 2. The molecule has 3 aromatic rings. The molecule has 0 spiro atoms. The number of nitrogens with one attached hydrogen (secondary N) is 2. The third-order valence-electron chi connectivity index (χ3n) is 6.39. The fourth-order valence-corrected chi connectivity index (χ4v) is 7.78. The predicted molar refractivity (Wildman–Crippen MR) is 155 cm³/mol. The maximum Gasteiger partial charge on any atom is 0.261 e. The average Bonchev–Trinajstić information content (AvgIpc) is 2.89. The Morgan fingerprint density at radius 3 is 2.21 bits per heavy atom. The van der Waals surface area contributed by atoms with Gasteiger partial charge < -0.3 is 5.32 Å². The molecule has 0 radical (unpaired) electrons. The van der Waals surface area contributed by atoms with E-state index < -0.39 is 26.0 Å². The number of hydrogen-bond donors (Lipinski definition) is 2. The first-order chi connectivity index (χ1) is 18.4. The SMILES string of the molecule is Cc1ccc(NS(=O)(=O)c2ccc(NC(=O)[C@@H]3CCCN(S(=O)(=O)Cc4c(Cl)cccc4Cl)C3)cc2)cc1Cl. The number of aryl methyl sites for hydroxylation is 1. The van der Waals surface area contributed by atoms with Gasteiger partial charge in [0.15, 0.2) is 0 Å². The van der Waals surface area contributed by atoms with Crippen LogP contribution in [0.4, 0.5) is 11.4 Å². The van der Waals surface area contributed by atoms with Gasteiger partial charge in [0.05, 0.1) is 22.3 Å². The molecule has 208 valence electrons. The van der Waals surface area contributed by atoms with E-state index in [9.17, 15) is 21.6 Å². The Hall–Kier alpha value is -2.34. The van der Waals surface area contributed by atoms with Crippen LogP contribution in [-0.4, -0.2) is 40.1 Å². The highest BCUT2D eigenvalue weighted by Gasteiger charge is 2.33. The first-order valence-corrected chi connectivity index (χ1v) is 16.2. The fraction of sp³-hybridized carbons (Fsp3) is 0.269. The molecule has 0 aromatic heterocycles. The molecule has 0 unspecified atom stereocenters. The molecule has 1 amide bonds. The van der Waals surface area contributed by atoms with E-state index in [1.165, 1.54) is 34.6 Å². The number of amides is 1. The van der Waals surface area contributed by atoms with Crippen molar-refractivity contribution in [2.24, 2.45) is 5.92 Å². The van der Waals surface area contributed by atoms with Crippen molar-refractivity contribution in [1.82, 2.24) is 4.31 Å². The second-order valence-electron chi connectivity index (χ2n) is 9.24. The highest BCUT2D eigenvalue weighted by molar-refractivity contribution is 7.92. The van der Waals surface area contributed by atoms with E-state index in [2.05, 4.69) is 10.0 Å². The van der Waals surface area contributed by atoms with Crippen LogP contribution in [0.1, 0.15) is 24.0 Å². The standard InChI is InChI=1S/C26H26Cl3N3O5S2/c1-17-7-8-20(14-25(17)29)31-39(36,37)21-11-9-19(10-12-21)30-26(33)18-4-3-13-32(15-18)38(34,35)16-22-23(27)5-2-6-24(22)28/h2,5-12,14,18,31H,3-4,13,15-16H2,1H3,(H,30,33)/t18-/m1/s1. The lowest BCUT2D eigenvalue weighted by atomic mass is 9.99. The van der Waals surface area contributed by atoms with Gasteiger partial charge in [0.25, 0.3) is 10.0 Å². The van der Waals surface area contributed by atoms with Crippen LogP contribution in [0.3, 0.4) is 0 Å². The van der Waals surface area contributed by atoms with Crippen LogP contribution < -0.4 is 10.0 Å². The molecule has 1 saturated heterocycles. The molecule has 1 aliphatic rings. The van der Waals surface area contributed by atoms with Gasteiger partial charge in [-0.3, -0.25) is 9.52 Å². The molecule has 0 bridgehead atoms. The third kappa shape index (κ3) is 7.25. The third-order valence-corrected chi connectivity index (χ3v) is 10.7. The first-order valence-electron chi connectivity index (χ1n) is 12.0. The molecule has 1 atom stereocenters. The van der Waals surface area contributed by atoms with Crippen LogP contribution in [0.25, 0.3) is 0 Å². The van der Waals surface area contributed by atoms with Crippen LogP contribution in [0.15, 0.2) is 65.6 Å². The summed E-state index contributed by atoms with van der Waals surface area (Å²) in [4.78, 5) is 13.0. The Morgan fingerprint density at radius 2 is 1.56 bits per heavy atom. The monoisotopic (exact) mass is 629 g/mol. The molecule has 4 rings (SSSR count). The van der Waals surface area contributed by atoms with Gasteiger partial charge in [-0.1, -0.05) is 46.9 Å². The van der Waals surface area contributed by atoms with Crippen molar-refractivity contribution in [2.45, 2.75) is 30.4 Å². The maximum absolute atomic E-state index is 13.1. The normalized spacial score (nSPS) is 16.6. The molecule has 0 saturated carbocycles. The summed E-state index contributed by atoms with van der Waals surface area (Å²) in [7, 11) is -7.65. The van der Waals surface area contributed by atoms with Gasteiger partial charge in [0, 0.05) is 39.4 Å². The first kappa shape index (κ1) is 29.6. The predicted octanol–water partition coefficient (Wildman–Crippen LogP) is 5.94. The van der Waals surface area contributed by atoms with Gasteiger partial charge >= 0.3 is 0 Å². The molecule has 1 fully saturated rings. The molecule has 8 nitrogen and oxygen atoms in total. The van der Waals surface area contributed by atoms with Crippen LogP contribution in [0, 0.1) is 12.8 Å². The highest BCUT2D eigenvalue weighted by atomic mass is 35.5. The molecule has 3 aromatic carbocycles. The summed E-state index contributed by atoms with van der Waals surface area (Å²) in [5.41, 5.74) is 1.86. The second-order valence-corrected chi connectivity index (χ2v) is 14.1. The molecule has 1 heterocycles. The van der Waals surface area contributed by atoms with Gasteiger partial charge in [-0.05, 0) is 73.9 Å². The van der Waals surface area contributed by atoms with Crippen LogP contribution in [0.5, 0.6) is 0 Å². The quantitative estimate of drug-likeness (QED) is 0.320. The van der Waals surface area contributed by atoms with Crippen molar-refractivity contribution in [1.29, 1.82) is 0 Å². The summed E-state index contributed by atoms with van der Waals surface area (Å²) in [5, 5.41) is 3.73. The topological polar surface area (TPSA) is 113 Å². The number of halogens is 3. The summed E-state index contributed by atoms with van der Waals surface area (Å²) in [6.45, 7) is 2.12. The Balaban J connectivity index is 1.40. The van der Waals surface area contributed by atoms with E-state index in [1.807, 2.05) is 6.92 Å². The van der Waals surface area contributed by atoms with Crippen LogP contribution in [-0.2, 0) is 30.6 Å². The molecular formula is C26H26Cl3N3O5S2. The highest BCUT2D eigenvalue weighted by Crippen LogP contribution is 2.29. The Kier molecular flexibility index (Phi) is 9.15. The molecule has 0 aliphatic carbocycles. The van der Waals surface area contributed by atoms with Crippen molar-refractivity contribution in [3.8, 4) is 0 Å². The molecular weight excluding hydrogens is 605 g/mol. The fourth-order valence-electron chi connectivity index (χ4n) is 4.19. The lowest BCUT2D eigenvalue weighted by molar-refractivity contribution is -0.120. The average molecular weight is 631 g/mol. The Morgan fingerprint density at radius 1 is 0.923 bits per heavy atom. The summed E-state index contributed by atoms with van der Waals surface area (Å²) < 4.78 is 55.5. The lowest BCUT2D eigenvalue weighted by Crippen LogP contribution is -2.44. The number of hydrogen-bond acceptors (Lipinski definition) is 5. The van der Waals surface area contributed by atoms with Gasteiger partial charge in [0.1, 0.15) is 0 Å². The second kappa shape index (κ2) is 12.0. The number of carbonyl (C=O) groups is 1. The minimum absolute atomic E-state index is 0.00497. The summed E-state index contributed by atoms with van der Waals surface area (Å²) in [6.07, 6.45) is 1.03. The molecule has 2 N–H and O–H groups in total. The number of rotatable bonds is 8. The van der Waals surface area contributed by atoms with E-state index in [4.69, 9.17) is 34.8 Å². The Bertz CT molecular complexity index is 1580. The number of piperidine rings is 1. The van der Waals surface area contributed by atoms with Gasteiger partial charge in [-0.2, -0.15) is 0 Å².